The summed E-state index contributed by atoms with van der Waals surface area (Å²) in [4.78, 5) is 27.9. The van der Waals surface area contributed by atoms with E-state index in [0.29, 0.717) is 17.3 Å². The predicted octanol–water partition coefficient (Wildman–Crippen LogP) is 2.67. The zero-order valence-electron chi connectivity index (χ0n) is 23.1. The third kappa shape index (κ3) is 4.56. The largest absolute Gasteiger partial charge is 0.497 e. The highest BCUT2D eigenvalue weighted by Gasteiger charge is 2.66. The van der Waals surface area contributed by atoms with Crippen LogP contribution in [0.3, 0.4) is 0 Å². The lowest BCUT2D eigenvalue weighted by atomic mass is 9.65. The number of ether oxygens (including phenoxy) is 4. The zero-order valence-corrected chi connectivity index (χ0v) is 23.1. The fraction of sp³-hybridized carbons (Fsp3) is 0.655. The van der Waals surface area contributed by atoms with Crippen LogP contribution in [0.15, 0.2) is 24.0 Å². The zero-order chi connectivity index (χ0) is 28.2. The van der Waals surface area contributed by atoms with Crippen LogP contribution in [-0.2, 0) is 30.9 Å². The number of hydrogen-bond donors (Lipinski definition) is 3. The van der Waals surface area contributed by atoms with Crippen molar-refractivity contribution in [2.24, 2.45) is 0 Å². The van der Waals surface area contributed by atoms with Crippen LogP contribution in [0.25, 0.3) is 0 Å². The van der Waals surface area contributed by atoms with Crippen LogP contribution in [0.2, 0.25) is 0 Å². The topological polar surface area (TPSA) is 135 Å². The Kier molecular flexibility index (Phi) is 6.88. The molecule has 1 unspecified atom stereocenters. The Balaban J connectivity index is 1.55. The minimum Gasteiger partial charge on any atom is -0.497 e. The molecule has 0 saturated carbocycles. The normalized spacial score (nSPS) is 29.0. The van der Waals surface area contributed by atoms with Gasteiger partial charge in [0.25, 0.3) is 0 Å². The van der Waals surface area contributed by atoms with Crippen LogP contribution in [0, 0.1) is 0 Å². The highest BCUT2D eigenvalue weighted by molar-refractivity contribution is 5.85. The number of carboxylic acids is 1. The molecule has 0 radical (unpaired) electrons. The Morgan fingerprint density at radius 1 is 1.15 bits per heavy atom. The first kappa shape index (κ1) is 27.7. The number of aliphatic hydroxyl groups is 2. The molecular formula is C29H39NO9. The molecule has 3 heterocycles. The molecule has 214 valence electrons. The van der Waals surface area contributed by atoms with Crippen molar-refractivity contribution in [3.63, 3.8) is 0 Å². The monoisotopic (exact) mass is 545 g/mol. The number of esters is 1. The van der Waals surface area contributed by atoms with Crippen LogP contribution < -0.4 is 9.47 Å². The molecule has 1 fully saturated rings. The van der Waals surface area contributed by atoms with E-state index < -0.39 is 46.6 Å². The number of carbonyl (C=O) groups is 2. The van der Waals surface area contributed by atoms with Crippen LogP contribution in [0.4, 0.5) is 0 Å². The van der Waals surface area contributed by atoms with Crippen molar-refractivity contribution in [2.45, 2.75) is 94.0 Å². The molecule has 10 heteroatoms. The summed E-state index contributed by atoms with van der Waals surface area (Å²) in [5.74, 6) is -0.548. The summed E-state index contributed by atoms with van der Waals surface area (Å²) in [5, 5.41) is 31.0. The molecule has 4 atom stereocenters. The first-order valence-corrected chi connectivity index (χ1v) is 13.7. The Morgan fingerprint density at radius 2 is 1.87 bits per heavy atom. The van der Waals surface area contributed by atoms with Crippen LogP contribution in [-0.4, -0.2) is 82.0 Å². The molecule has 1 aromatic carbocycles. The van der Waals surface area contributed by atoms with E-state index in [1.165, 1.54) is 7.11 Å². The van der Waals surface area contributed by atoms with E-state index in [0.717, 1.165) is 43.5 Å². The fourth-order valence-corrected chi connectivity index (χ4v) is 7.12. The van der Waals surface area contributed by atoms with Crippen LogP contribution >= 0.6 is 0 Å². The number of benzene rings is 1. The predicted molar refractivity (Wildman–Crippen MR) is 139 cm³/mol. The molecule has 1 aliphatic carbocycles. The van der Waals surface area contributed by atoms with Crippen LogP contribution in [0.1, 0.15) is 70.4 Å². The van der Waals surface area contributed by atoms with Crippen molar-refractivity contribution in [3.8, 4) is 11.5 Å². The quantitative estimate of drug-likeness (QED) is 0.398. The van der Waals surface area contributed by atoms with Gasteiger partial charge in [-0.15, -0.1) is 0 Å². The summed E-state index contributed by atoms with van der Waals surface area (Å²) < 4.78 is 23.4. The van der Waals surface area contributed by atoms with Gasteiger partial charge in [-0.05, 0) is 95.2 Å². The van der Waals surface area contributed by atoms with Gasteiger partial charge in [0.2, 0.25) is 6.79 Å². The van der Waals surface area contributed by atoms with Crippen molar-refractivity contribution in [1.82, 2.24) is 4.90 Å². The second-order valence-corrected chi connectivity index (χ2v) is 12.1. The van der Waals surface area contributed by atoms with E-state index >= 15 is 0 Å². The summed E-state index contributed by atoms with van der Waals surface area (Å²) in [6.07, 6.45) is 3.26. The molecule has 4 aliphatic rings. The van der Waals surface area contributed by atoms with Gasteiger partial charge in [0.05, 0.1) is 30.1 Å². The maximum absolute atomic E-state index is 13.7. The Labute approximate surface area is 228 Å². The summed E-state index contributed by atoms with van der Waals surface area (Å²) in [5.41, 5.74) is -2.58. The molecule has 0 aromatic heterocycles. The fourth-order valence-electron chi connectivity index (χ4n) is 7.12. The molecule has 1 spiro atoms. The molecule has 5 rings (SSSR count). The molecule has 3 N–H and O–H groups in total. The minimum absolute atomic E-state index is 0.138. The highest BCUT2D eigenvalue weighted by atomic mass is 16.7. The molecule has 1 aromatic rings. The lowest BCUT2D eigenvalue weighted by Gasteiger charge is -2.48. The summed E-state index contributed by atoms with van der Waals surface area (Å²) in [7, 11) is 1.53. The van der Waals surface area contributed by atoms with E-state index in [2.05, 4.69) is 17.9 Å². The molecule has 0 amide bonds. The number of methoxy groups -OCH3 is 1. The smallest absolute Gasteiger partial charge is 0.339 e. The van der Waals surface area contributed by atoms with Crippen molar-refractivity contribution < 1.29 is 43.9 Å². The molecule has 1 saturated heterocycles. The first-order valence-electron chi connectivity index (χ1n) is 13.7. The van der Waals surface area contributed by atoms with Crippen molar-refractivity contribution in [3.05, 3.63) is 35.1 Å². The van der Waals surface area contributed by atoms with Crippen LogP contribution in [0.5, 0.6) is 11.5 Å². The Bertz CT molecular complexity index is 1190. The Hall–Kier alpha value is -2.82. The highest BCUT2D eigenvalue weighted by Crippen LogP contribution is 2.59. The van der Waals surface area contributed by atoms with E-state index in [1.54, 1.807) is 13.8 Å². The van der Waals surface area contributed by atoms with Crippen molar-refractivity contribution in [1.29, 1.82) is 0 Å². The average molecular weight is 546 g/mol. The van der Waals surface area contributed by atoms with E-state index in [4.69, 9.17) is 18.9 Å². The molecule has 39 heavy (non-hydrogen) atoms. The van der Waals surface area contributed by atoms with Gasteiger partial charge in [0, 0.05) is 6.54 Å². The van der Waals surface area contributed by atoms with Gasteiger partial charge >= 0.3 is 11.9 Å². The maximum Gasteiger partial charge on any atom is 0.339 e. The second kappa shape index (κ2) is 9.67. The Morgan fingerprint density at radius 3 is 2.54 bits per heavy atom. The van der Waals surface area contributed by atoms with Crippen molar-refractivity contribution in [2.75, 3.05) is 27.0 Å². The lowest BCUT2D eigenvalue weighted by Crippen LogP contribution is -2.59. The first-order chi connectivity index (χ1) is 18.3. The second-order valence-electron chi connectivity index (χ2n) is 12.1. The van der Waals surface area contributed by atoms with Gasteiger partial charge in [-0.1, -0.05) is 0 Å². The number of nitrogens with zero attached hydrogens (tertiary/aromatic N) is 1. The third-order valence-corrected chi connectivity index (χ3v) is 9.09. The molecular weight excluding hydrogens is 506 g/mol. The van der Waals surface area contributed by atoms with Gasteiger partial charge in [0.1, 0.15) is 5.76 Å². The van der Waals surface area contributed by atoms with E-state index in [9.17, 15) is 24.9 Å². The van der Waals surface area contributed by atoms with Gasteiger partial charge in [-0.25, -0.2) is 4.79 Å². The number of carboxylic acid groups (broad SMARTS) is 1. The standard InChI is InChI=1S/C29H39NO9/c1-26(2,34)8-5-9-28(35,16-23(31)32)25(33)39-24-22(36-4)15-29-10-6-11-30(29)12-7-18-13-20-21(38-17-37-20)14-19(18)27(24,29)3/h13-15,24,34-35H,5-12,16-17H2,1-4H3,(H,31,32)/t24?,27-,28-,29-/m1/s1. The summed E-state index contributed by atoms with van der Waals surface area (Å²) >= 11 is 0. The minimum atomic E-state index is -2.26. The van der Waals surface area contributed by atoms with Gasteiger partial charge in [-0.3, -0.25) is 9.69 Å². The summed E-state index contributed by atoms with van der Waals surface area (Å²) in [6, 6.07) is 3.97. The molecule has 10 nitrogen and oxygen atoms in total. The van der Waals surface area contributed by atoms with Gasteiger partial charge in [-0.2, -0.15) is 0 Å². The summed E-state index contributed by atoms with van der Waals surface area (Å²) in [6.45, 7) is 7.12. The third-order valence-electron chi connectivity index (χ3n) is 9.09. The number of rotatable bonds is 9. The molecule has 0 bridgehead atoms. The lowest BCUT2D eigenvalue weighted by molar-refractivity contribution is -0.180. The van der Waals surface area contributed by atoms with Gasteiger partial charge < -0.3 is 34.3 Å². The maximum atomic E-state index is 13.7. The number of fused-ring (bicyclic) bond motifs is 3. The van der Waals surface area contributed by atoms with Gasteiger partial charge in [0.15, 0.2) is 23.2 Å². The van der Waals surface area contributed by atoms with Crippen molar-refractivity contribution >= 4 is 11.9 Å². The molecule has 3 aliphatic heterocycles. The van der Waals surface area contributed by atoms with E-state index in [1.807, 2.05) is 12.1 Å². The SMILES string of the molecule is COC1=C[C@@]23CCCN2CCc2cc4c(cc2[C@]3(C)C1OC(=O)[C@@](O)(CCCC(C)(C)O)CC(=O)O)OCO4. The van der Waals surface area contributed by atoms with E-state index in [-0.39, 0.29) is 26.1 Å². The number of carbonyl (C=O) groups excluding carboxylic acids is 1. The average Bonchev–Trinajstić information content (AvgIpc) is 3.52. The number of hydrogen-bond acceptors (Lipinski definition) is 9. The number of aliphatic carboxylic acids is 1.